The Balaban J connectivity index is 1.85. The Hall–Kier alpha value is -1.55. The minimum atomic E-state index is -0.431. The second-order valence-electron chi connectivity index (χ2n) is 6.15. The quantitative estimate of drug-likeness (QED) is 0.876. The lowest BCUT2D eigenvalue weighted by molar-refractivity contribution is -0.116. The number of amides is 1. The maximum absolute atomic E-state index is 11.7. The molecule has 1 fully saturated rings. The Labute approximate surface area is 127 Å². The van der Waals surface area contributed by atoms with Crippen molar-refractivity contribution in [2.45, 2.75) is 45.6 Å². The predicted octanol–water partition coefficient (Wildman–Crippen LogP) is 3.02. The molecule has 1 atom stereocenters. The topological polar surface area (TPSA) is 52.6 Å². The van der Waals surface area contributed by atoms with Crippen molar-refractivity contribution in [3.05, 3.63) is 24.3 Å². The summed E-state index contributed by atoms with van der Waals surface area (Å²) in [6.45, 7) is 6.23. The van der Waals surface area contributed by atoms with Crippen LogP contribution in [0.2, 0.25) is 0 Å². The van der Waals surface area contributed by atoms with E-state index in [-0.39, 0.29) is 5.91 Å². The second-order valence-corrected chi connectivity index (χ2v) is 6.15. The van der Waals surface area contributed by atoms with Gasteiger partial charge >= 0.3 is 0 Å². The fraction of sp³-hybridized carbons (Fsp3) is 0.588. The molecule has 4 heteroatoms. The van der Waals surface area contributed by atoms with Crippen LogP contribution in [-0.4, -0.2) is 30.2 Å². The molecule has 1 unspecified atom stereocenters. The minimum Gasteiger partial charge on any atom is -0.393 e. The molecule has 4 nitrogen and oxygen atoms in total. The average Bonchev–Trinajstić information content (AvgIpc) is 2.47. The Morgan fingerprint density at radius 2 is 1.95 bits per heavy atom. The third-order valence-electron chi connectivity index (χ3n) is 4.09. The lowest BCUT2D eigenvalue weighted by Crippen LogP contribution is -2.32. The summed E-state index contributed by atoms with van der Waals surface area (Å²) in [5.74, 6) is 0.782. The first-order valence-electron chi connectivity index (χ1n) is 7.87. The van der Waals surface area contributed by atoms with Crippen molar-refractivity contribution in [2.75, 3.05) is 23.3 Å². The van der Waals surface area contributed by atoms with Crippen LogP contribution < -0.4 is 10.2 Å². The standard InChI is InChI=1S/C17H26N2O2/c1-13-9-11-19(12-10-13)16-6-4-15(5-7-16)18-17(21)8-3-14(2)20/h4-7,13-14,20H,3,8-12H2,1-2H3,(H,18,21). The van der Waals surface area contributed by atoms with Crippen LogP contribution in [0.5, 0.6) is 0 Å². The molecule has 0 aromatic heterocycles. The Kier molecular flexibility index (Phi) is 5.62. The first-order valence-corrected chi connectivity index (χ1v) is 7.87. The van der Waals surface area contributed by atoms with E-state index in [1.807, 2.05) is 12.1 Å². The number of carbonyl (C=O) groups is 1. The van der Waals surface area contributed by atoms with Crippen LogP contribution in [0.1, 0.15) is 39.5 Å². The lowest BCUT2D eigenvalue weighted by atomic mass is 9.99. The van der Waals surface area contributed by atoms with E-state index in [0.717, 1.165) is 24.7 Å². The van der Waals surface area contributed by atoms with Crippen molar-refractivity contribution in [1.82, 2.24) is 0 Å². The number of aliphatic hydroxyl groups is 1. The van der Waals surface area contributed by atoms with Crippen molar-refractivity contribution in [3.8, 4) is 0 Å². The van der Waals surface area contributed by atoms with Gasteiger partial charge in [-0.2, -0.15) is 0 Å². The fourth-order valence-electron chi connectivity index (χ4n) is 2.59. The third-order valence-corrected chi connectivity index (χ3v) is 4.09. The van der Waals surface area contributed by atoms with E-state index in [1.165, 1.54) is 18.5 Å². The summed E-state index contributed by atoms with van der Waals surface area (Å²) in [7, 11) is 0. The highest BCUT2D eigenvalue weighted by molar-refractivity contribution is 5.90. The second kappa shape index (κ2) is 7.46. The molecule has 1 saturated heterocycles. The molecule has 0 radical (unpaired) electrons. The van der Waals surface area contributed by atoms with Gasteiger partial charge in [0, 0.05) is 30.9 Å². The third kappa shape index (κ3) is 5.05. The van der Waals surface area contributed by atoms with E-state index in [4.69, 9.17) is 0 Å². The molecule has 116 valence electrons. The molecule has 2 rings (SSSR count). The number of benzene rings is 1. The van der Waals surface area contributed by atoms with Gasteiger partial charge in [0.2, 0.25) is 5.91 Å². The maximum Gasteiger partial charge on any atom is 0.224 e. The number of hydrogen-bond acceptors (Lipinski definition) is 3. The number of piperidine rings is 1. The molecular formula is C17H26N2O2. The Morgan fingerprint density at radius 3 is 2.52 bits per heavy atom. The number of nitrogens with one attached hydrogen (secondary N) is 1. The highest BCUT2D eigenvalue weighted by atomic mass is 16.3. The van der Waals surface area contributed by atoms with Crippen molar-refractivity contribution in [3.63, 3.8) is 0 Å². The summed E-state index contributed by atoms with van der Waals surface area (Å²) >= 11 is 0. The van der Waals surface area contributed by atoms with Crippen molar-refractivity contribution >= 4 is 17.3 Å². The van der Waals surface area contributed by atoms with E-state index < -0.39 is 6.10 Å². The van der Waals surface area contributed by atoms with Gasteiger partial charge in [-0.3, -0.25) is 4.79 Å². The number of carbonyl (C=O) groups excluding carboxylic acids is 1. The summed E-state index contributed by atoms with van der Waals surface area (Å²) in [6.07, 6.45) is 2.91. The summed E-state index contributed by atoms with van der Waals surface area (Å²) in [4.78, 5) is 14.1. The minimum absolute atomic E-state index is 0.0459. The zero-order chi connectivity index (χ0) is 15.2. The van der Waals surface area contributed by atoms with Crippen molar-refractivity contribution < 1.29 is 9.90 Å². The molecule has 0 bridgehead atoms. The number of hydrogen-bond donors (Lipinski definition) is 2. The van der Waals surface area contributed by atoms with Crippen LogP contribution >= 0.6 is 0 Å². The molecule has 0 spiro atoms. The van der Waals surface area contributed by atoms with E-state index in [0.29, 0.717) is 12.8 Å². The van der Waals surface area contributed by atoms with Crippen LogP contribution in [0.25, 0.3) is 0 Å². The molecule has 1 aromatic rings. The number of anilines is 2. The number of aliphatic hydroxyl groups excluding tert-OH is 1. The summed E-state index contributed by atoms with van der Waals surface area (Å²) in [5, 5.41) is 12.0. The highest BCUT2D eigenvalue weighted by Crippen LogP contribution is 2.24. The van der Waals surface area contributed by atoms with Crippen LogP contribution in [-0.2, 0) is 4.79 Å². The first-order chi connectivity index (χ1) is 10.0. The Bertz CT molecular complexity index is 448. The first kappa shape index (κ1) is 15.8. The number of nitrogens with zero attached hydrogens (tertiary/aromatic N) is 1. The van der Waals surface area contributed by atoms with Crippen LogP contribution in [0.3, 0.4) is 0 Å². The summed E-state index contributed by atoms with van der Waals surface area (Å²) in [6, 6.07) is 8.04. The van der Waals surface area contributed by atoms with Gasteiger partial charge in [0.15, 0.2) is 0 Å². The molecule has 1 heterocycles. The molecule has 2 N–H and O–H groups in total. The van der Waals surface area contributed by atoms with Gasteiger partial charge < -0.3 is 15.3 Å². The van der Waals surface area contributed by atoms with Crippen molar-refractivity contribution in [2.24, 2.45) is 5.92 Å². The molecule has 1 aliphatic heterocycles. The van der Waals surface area contributed by atoms with Gasteiger partial charge in [-0.1, -0.05) is 6.92 Å². The van der Waals surface area contributed by atoms with Gasteiger partial charge in [0.25, 0.3) is 0 Å². The predicted molar refractivity (Wildman–Crippen MR) is 86.6 cm³/mol. The van der Waals surface area contributed by atoms with Crippen molar-refractivity contribution in [1.29, 1.82) is 0 Å². The fourth-order valence-corrected chi connectivity index (χ4v) is 2.59. The Morgan fingerprint density at radius 1 is 1.33 bits per heavy atom. The van der Waals surface area contributed by atoms with E-state index in [2.05, 4.69) is 29.3 Å². The van der Waals surface area contributed by atoms with Gasteiger partial charge in [0.1, 0.15) is 0 Å². The van der Waals surface area contributed by atoms with Gasteiger partial charge in [-0.15, -0.1) is 0 Å². The normalized spacial score (nSPS) is 17.6. The molecule has 1 aliphatic rings. The van der Waals surface area contributed by atoms with Crippen LogP contribution in [0.4, 0.5) is 11.4 Å². The zero-order valence-corrected chi connectivity index (χ0v) is 13.0. The smallest absolute Gasteiger partial charge is 0.224 e. The summed E-state index contributed by atoms with van der Waals surface area (Å²) < 4.78 is 0. The maximum atomic E-state index is 11.7. The summed E-state index contributed by atoms with van der Waals surface area (Å²) in [5.41, 5.74) is 2.04. The van der Waals surface area contributed by atoms with Gasteiger partial charge in [-0.25, -0.2) is 0 Å². The van der Waals surface area contributed by atoms with Gasteiger partial charge in [0.05, 0.1) is 6.10 Å². The SMILES string of the molecule is CC(O)CCC(=O)Nc1ccc(N2CCC(C)CC2)cc1. The monoisotopic (exact) mass is 290 g/mol. The molecular weight excluding hydrogens is 264 g/mol. The number of rotatable bonds is 5. The molecule has 21 heavy (non-hydrogen) atoms. The van der Waals surface area contributed by atoms with Crippen LogP contribution in [0.15, 0.2) is 24.3 Å². The average molecular weight is 290 g/mol. The highest BCUT2D eigenvalue weighted by Gasteiger charge is 2.15. The van der Waals surface area contributed by atoms with Gasteiger partial charge in [-0.05, 0) is 56.4 Å². The van der Waals surface area contributed by atoms with E-state index in [9.17, 15) is 9.90 Å². The van der Waals surface area contributed by atoms with Crippen LogP contribution in [0, 0.1) is 5.92 Å². The molecule has 0 aliphatic carbocycles. The lowest BCUT2D eigenvalue weighted by Gasteiger charge is -2.32. The molecule has 1 amide bonds. The van der Waals surface area contributed by atoms with E-state index in [1.54, 1.807) is 6.92 Å². The largest absolute Gasteiger partial charge is 0.393 e. The zero-order valence-electron chi connectivity index (χ0n) is 13.0. The molecule has 0 saturated carbocycles. The van der Waals surface area contributed by atoms with E-state index >= 15 is 0 Å². The molecule has 1 aromatic carbocycles.